The zero-order chi connectivity index (χ0) is 9.60. The van der Waals surface area contributed by atoms with Crippen molar-refractivity contribution in [3.63, 3.8) is 0 Å². The lowest BCUT2D eigenvalue weighted by Gasteiger charge is -2.19. The van der Waals surface area contributed by atoms with Gasteiger partial charge in [0, 0.05) is 0 Å². The molecular weight excluding hydrogens is 182 g/mol. The van der Waals surface area contributed by atoms with Gasteiger partial charge in [-0.25, -0.2) is 0 Å². The van der Waals surface area contributed by atoms with Crippen LogP contribution in [0, 0.1) is 0 Å². The lowest BCUT2D eigenvalue weighted by Crippen LogP contribution is -2.35. The van der Waals surface area contributed by atoms with Crippen LogP contribution in [0.4, 0.5) is 5.69 Å². The Kier molecular flexibility index (Phi) is 1.21. The van der Waals surface area contributed by atoms with Crippen LogP contribution in [-0.2, 0) is 20.1 Å². The maximum absolute atomic E-state index is 11.7. The van der Waals surface area contributed by atoms with Crippen LogP contribution in [-0.4, -0.2) is 5.91 Å². The molecule has 2 aliphatic rings. The molecule has 70 valence electrons. The van der Waals surface area contributed by atoms with Gasteiger partial charge in [0.2, 0.25) is 0 Å². The van der Waals surface area contributed by atoms with Crippen molar-refractivity contribution in [2.75, 3.05) is 5.32 Å². The second kappa shape index (κ2) is 2.29. The Morgan fingerprint density at radius 3 is 2.64 bits per heavy atom. The minimum Gasteiger partial charge on any atom is -0.445 e. The van der Waals surface area contributed by atoms with Gasteiger partial charge in [-0.05, 0) is 12.1 Å². The van der Waals surface area contributed by atoms with Gasteiger partial charge in [-0.3, -0.25) is 4.79 Å². The van der Waals surface area contributed by atoms with Crippen LogP contribution in [0.1, 0.15) is 5.56 Å². The fourth-order valence-electron chi connectivity index (χ4n) is 1.72. The number of fused-ring (bicyclic) bond motifs is 2. The molecule has 0 fully saturated rings. The van der Waals surface area contributed by atoms with Crippen LogP contribution >= 0.6 is 0 Å². The number of anilines is 1. The lowest BCUT2D eigenvalue weighted by molar-refractivity contribution is -0.171. The first-order valence-corrected chi connectivity index (χ1v) is 4.24. The van der Waals surface area contributed by atoms with Crippen molar-refractivity contribution in [3.05, 3.63) is 42.4 Å². The Balaban J connectivity index is 2.19. The Morgan fingerprint density at radius 1 is 1.14 bits per heavy atom. The van der Waals surface area contributed by atoms with Crippen molar-refractivity contribution >= 4 is 11.6 Å². The summed E-state index contributed by atoms with van der Waals surface area (Å²) in [5, 5.41) is 2.70. The zero-order valence-electron chi connectivity index (χ0n) is 7.19. The lowest BCUT2D eigenvalue weighted by atomic mass is 10.1. The molecule has 1 spiro atoms. The van der Waals surface area contributed by atoms with Crippen LogP contribution in [0.5, 0.6) is 0 Å². The molecule has 4 nitrogen and oxygen atoms in total. The topological polar surface area (TPSA) is 47.6 Å². The summed E-state index contributed by atoms with van der Waals surface area (Å²) in [5.74, 6) is -1.57. The van der Waals surface area contributed by atoms with E-state index in [-0.39, 0.29) is 5.91 Å². The minimum absolute atomic E-state index is 0.288. The SMILES string of the molecule is O=C1Nc2ccccc2C12OC=CO2. The summed E-state index contributed by atoms with van der Waals surface area (Å²) in [6.45, 7) is 0. The van der Waals surface area contributed by atoms with Gasteiger partial charge in [0.05, 0.1) is 11.3 Å². The quantitative estimate of drug-likeness (QED) is 0.669. The van der Waals surface area contributed by atoms with Gasteiger partial charge in [-0.2, -0.15) is 0 Å². The molecule has 1 aromatic carbocycles. The molecule has 2 heterocycles. The number of carbonyl (C=O) groups is 1. The molecule has 1 N–H and O–H groups in total. The highest BCUT2D eigenvalue weighted by atomic mass is 16.7. The van der Waals surface area contributed by atoms with Crippen molar-refractivity contribution in [2.45, 2.75) is 5.79 Å². The third-order valence-electron chi connectivity index (χ3n) is 2.35. The van der Waals surface area contributed by atoms with Gasteiger partial charge in [-0.15, -0.1) is 0 Å². The van der Waals surface area contributed by atoms with Crippen LogP contribution in [0.25, 0.3) is 0 Å². The van der Waals surface area contributed by atoms with Crippen LogP contribution < -0.4 is 5.32 Å². The van der Waals surface area contributed by atoms with Crippen LogP contribution in [0.15, 0.2) is 36.8 Å². The highest BCUT2D eigenvalue weighted by Crippen LogP contribution is 2.42. The Bertz CT molecular complexity index is 431. The van der Waals surface area contributed by atoms with Gasteiger partial charge >= 0.3 is 11.7 Å². The summed E-state index contributed by atoms with van der Waals surface area (Å²) in [5.41, 5.74) is 1.45. The van der Waals surface area contributed by atoms with Crippen molar-refractivity contribution in [1.82, 2.24) is 0 Å². The minimum atomic E-state index is -1.28. The average Bonchev–Trinajstić information content (AvgIpc) is 2.77. The molecule has 1 amide bonds. The summed E-state index contributed by atoms with van der Waals surface area (Å²) in [4.78, 5) is 11.7. The van der Waals surface area contributed by atoms with E-state index in [0.717, 1.165) is 11.3 Å². The highest BCUT2D eigenvalue weighted by Gasteiger charge is 2.52. The van der Waals surface area contributed by atoms with Gasteiger partial charge in [0.1, 0.15) is 12.5 Å². The van der Waals surface area contributed by atoms with E-state index in [1.54, 1.807) is 6.07 Å². The summed E-state index contributed by atoms with van der Waals surface area (Å²) in [7, 11) is 0. The highest BCUT2D eigenvalue weighted by molar-refractivity contribution is 6.04. The molecule has 2 aliphatic heterocycles. The summed E-state index contributed by atoms with van der Waals surface area (Å²) in [6, 6.07) is 7.31. The molecular formula is C10H7NO3. The van der Waals surface area contributed by atoms with Crippen molar-refractivity contribution in [2.24, 2.45) is 0 Å². The monoisotopic (exact) mass is 189 g/mol. The fraction of sp³-hybridized carbons (Fsp3) is 0.100. The second-order valence-electron chi connectivity index (χ2n) is 3.12. The number of carbonyl (C=O) groups excluding carboxylic acids is 1. The van der Waals surface area contributed by atoms with E-state index in [0.29, 0.717) is 0 Å². The van der Waals surface area contributed by atoms with E-state index in [9.17, 15) is 4.79 Å². The molecule has 0 atom stereocenters. The molecule has 1 aromatic rings. The molecule has 3 rings (SSSR count). The summed E-state index contributed by atoms with van der Waals surface area (Å²) in [6.07, 6.45) is 2.75. The summed E-state index contributed by atoms with van der Waals surface area (Å²) < 4.78 is 10.5. The van der Waals surface area contributed by atoms with E-state index >= 15 is 0 Å². The number of rotatable bonds is 0. The predicted molar refractivity (Wildman–Crippen MR) is 48.1 cm³/mol. The number of para-hydroxylation sites is 1. The molecule has 0 aliphatic carbocycles. The third-order valence-corrected chi connectivity index (χ3v) is 2.35. The average molecular weight is 189 g/mol. The Hall–Kier alpha value is -1.97. The fourth-order valence-corrected chi connectivity index (χ4v) is 1.72. The first-order chi connectivity index (χ1) is 6.83. The maximum Gasteiger partial charge on any atom is 0.361 e. The largest absolute Gasteiger partial charge is 0.445 e. The number of hydrogen-bond donors (Lipinski definition) is 1. The number of amides is 1. The van der Waals surface area contributed by atoms with Crippen molar-refractivity contribution < 1.29 is 14.3 Å². The van der Waals surface area contributed by atoms with Gasteiger partial charge < -0.3 is 14.8 Å². The van der Waals surface area contributed by atoms with Crippen LogP contribution in [0.2, 0.25) is 0 Å². The molecule has 0 saturated carbocycles. The number of hydrogen-bond acceptors (Lipinski definition) is 3. The van der Waals surface area contributed by atoms with Crippen molar-refractivity contribution in [1.29, 1.82) is 0 Å². The molecule has 0 aromatic heterocycles. The number of nitrogens with one attached hydrogen (secondary N) is 1. The van der Waals surface area contributed by atoms with Crippen molar-refractivity contribution in [3.8, 4) is 0 Å². The molecule has 4 heteroatoms. The van der Waals surface area contributed by atoms with Gasteiger partial charge in [-0.1, -0.05) is 12.1 Å². The Labute approximate surface area is 80.1 Å². The first kappa shape index (κ1) is 7.44. The van der Waals surface area contributed by atoms with Gasteiger partial charge in [0.15, 0.2) is 0 Å². The van der Waals surface area contributed by atoms with Crippen LogP contribution in [0.3, 0.4) is 0 Å². The molecule has 0 radical (unpaired) electrons. The Morgan fingerprint density at radius 2 is 1.86 bits per heavy atom. The number of benzene rings is 1. The van der Waals surface area contributed by atoms with E-state index in [1.807, 2.05) is 18.2 Å². The molecule has 0 unspecified atom stereocenters. The smallest absolute Gasteiger partial charge is 0.361 e. The summed E-state index contributed by atoms with van der Waals surface area (Å²) >= 11 is 0. The normalized spacial score (nSPS) is 20.1. The molecule has 14 heavy (non-hydrogen) atoms. The predicted octanol–water partition coefficient (Wildman–Crippen LogP) is 1.31. The second-order valence-corrected chi connectivity index (χ2v) is 3.12. The number of ether oxygens (including phenoxy) is 2. The third kappa shape index (κ3) is 0.706. The van der Waals surface area contributed by atoms with E-state index in [4.69, 9.17) is 9.47 Å². The first-order valence-electron chi connectivity index (χ1n) is 4.24. The standard InChI is InChI=1S/C10H7NO3/c12-9-10(13-5-6-14-10)7-3-1-2-4-8(7)11-9/h1-6H,(H,11,12). The van der Waals surface area contributed by atoms with E-state index < -0.39 is 5.79 Å². The molecule has 0 saturated heterocycles. The van der Waals surface area contributed by atoms with Gasteiger partial charge in [0.25, 0.3) is 0 Å². The van der Waals surface area contributed by atoms with E-state index in [1.165, 1.54) is 12.5 Å². The maximum atomic E-state index is 11.7. The zero-order valence-corrected chi connectivity index (χ0v) is 7.19. The molecule has 0 bridgehead atoms. The van der Waals surface area contributed by atoms with E-state index in [2.05, 4.69) is 5.32 Å².